The van der Waals surface area contributed by atoms with Gasteiger partial charge in [0.2, 0.25) is 0 Å². The third-order valence-electron chi connectivity index (χ3n) is 3.48. The van der Waals surface area contributed by atoms with Crippen LogP contribution in [0.25, 0.3) is 0 Å². The lowest BCUT2D eigenvalue weighted by atomic mass is 10.1. The Morgan fingerprint density at radius 2 is 1.95 bits per heavy atom. The minimum Gasteiger partial charge on any atom is -0.399 e. The number of carbonyl (C=O) groups excluding carboxylic acids is 1. The van der Waals surface area contributed by atoms with Gasteiger partial charge in [0.15, 0.2) is 0 Å². The maximum atomic E-state index is 12.6. The van der Waals surface area contributed by atoms with Crippen LogP contribution in [0.1, 0.15) is 28.8 Å². The SMILES string of the molecule is Cl.Nc1ccc(C(=O)N(Cc2cccnc2)C2CC2)cc1. The van der Waals surface area contributed by atoms with E-state index in [-0.39, 0.29) is 18.3 Å². The molecule has 21 heavy (non-hydrogen) atoms. The van der Waals surface area contributed by atoms with Crippen LogP contribution in [0, 0.1) is 0 Å². The zero-order valence-corrected chi connectivity index (χ0v) is 12.4. The predicted molar refractivity (Wildman–Crippen MR) is 85.2 cm³/mol. The lowest BCUT2D eigenvalue weighted by Gasteiger charge is -2.22. The van der Waals surface area contributed by atoms with Crippen LogP contribution in [-0.2, 0) is 6.54 Å². The van der Waals surface area contributed by atoms with Gasteiger partial charge in [-0.3, -0.25) is 9.78 Å². The van der Waals surface area contributed by atoms with E-state index in [1.165, 1.54) is 0 Å². The lowest BCUT2D eigenvalue weighted by molar-refractivity contribution is 0.0730. The Labute approximate surface area is 130 Å². The molecule has 3 rings (SSSR count). The quantitative estimate of drug-likeness (QED) is 0.884. The third kappa shape index (κ3) is 3.73. The Kier molecular flexibility index (Phi) is 4.81. The van der Waals surface area contributed by atoms with Crippen LogP contribution in [-0.4, -0.2) is 21.8 Å². The highest BCUT2D eigenvalue weighted by Crippen LogP contribution is 2.29. The second-order valence-electron chi connectivity index (χ2n) is 5.15. The molecule has 0 spiro atoms. The van der Waals surface area contributed by atoms with Gasteiger partial charge in [-0.05, 0) is 48.7 Å². The number of pyridine rings is 1. The van der Waals surface area contributed by atoms with Gasteiger partial charge in [-0.15, -0.1) is 12.4 Å². The zero-order chi connectivity index (χ0) is 13.9. The van der Waals surface area contributed by atoms with E-state index in [9.17, 15) is 4.79 Å². The number of nitrogen functional groups attached to an aromatic ring is 1. The minimum absolute atomic E-state index is 0. The standard InChI is InChI=1S/C16H17N3O.ClH/c17-14-5-3-13(4-6-14)16(20)19(15-7-8-15)11-12-2-1-9-18-10-12;/h1-6,9-10,15H,7-8,11,17H2;1H. The van der Waals surface area contributed by atoms with Crippen LogP contribution in [0.5, 0.6) is 0 Å². The first-order chi connectivity index (χ1) is 9.74. The summed E-state index contributed by atoms with van der Waals surface area (Å²) in [6.07, 6.45) is 5.72. The first-order valence-corrected chi connectivity index (χ1v) is 6.79. The summed E-state index contributed by atoms with van der Waals surface area (Å²) in [6.45, 7) is 0.613. The van der Waals surface area contributed by atoms with E-state index in [1.807, 2.05) is 23.2 Å². The number of carbonyl (C=O) groups is 1. The molecule has 2 aromatic rings. The van der Waals surface area contributed by atoms with Gasteiger partial charge in [-0.25, -0.2) is 0 Å². The number of nitrogens with zero attached hydrogens (tertiary/aromatic N) is 2. The third-order valence-corrected chi connectivity index (χ3v) is 3.48. The van der Waals surface area contributed by atoms with Gasteiger partial charge in [0.1, 0.15) is 0 Å². The van der Waals surface area contributed by atoms with Crippen molar-refractivity contribution >= 4 is 24.0 Å². The number of halogens is 1. The zero-order valence-electron chi connectivity index (χ0n) is 11.6. The number of hydrogen-bond acceptors (Lipinski definition) is 3. The molecule has 110 valence electrons. The van der Waals surface area contributed by atoms with Crippen LogP contribution in [0.15, 0.2) is 48.8 Å². The number of benzene rings is 1. The van der Waals surface area contributed by atoms with Crippen molar-refractivity contribution in [2.45, 2.75) is 25.4 Å². The summed E-state index contributed by atoms with van der Waals surface area (Å²) in [7, 11) is 0. The van der Waals surface area contributed by atoms with Crippen molar-refractivity contribution in [3.63, 3.8) is 0 Å². The first kappa shape index (κ1) is 15.3. The summed E-state index contributed by atoms with van der Waals surface area (Å²) in [6, 6.07) is 11.4. The van der Waals surface area contributed by atoms with Gasteiger partial charge in [-0.2, -0.15) is 0 Å². The largest absolute Gasteiger partial charge is 0.399 e. The Balaban J connectivity index is 0.00000161. The Hall–Kier alpha value is -2.07. The molecule has 0 atom stereocenters. The number of rotatable bonds is 4. The maximum Gasteiger partial charge on any atom is 0.254 e. The summed E-state index contributed by atoms with van der Waals surface area (Å²) in [5.41, 5.74) is 8.09. The molecular formula is C16H18ClN3O. The van der Waals surface area contributed by atoms with Crippen molar-refractivity contribution < 1.29 is 4.79 Å². The van der Waals surface area contributed by atoms with Crippen molar-refractivity contribution in [1.82, 2.24) is 9.88 Å². The molecule has 0 radical (unpaired) electrons. The van der Waals surface area contributed by atoms with E-state index in [4.69, 9.17) is 5.73 Å². The number of anilines is 1. The molecule has 1 fully saturated rings. The fraction of sp³-hybridized carbons (Fsp3) is 0.250. The van der Waals surface area contributed by atoms with Crippen LogP contribution in [0.2, 0.25) is 0 Å². The van der Waals surface area contributed by atoms with Gasteiger partial charge in [-0.1, -0.05) is 6.07 Å². The van der Waals surface area contributed by atoms with Gasteiger partial charge in [0, 0.05) is 36.2 Å². The molecular weight excluding hydrogens is 286 g/mol. The summed E-state index contributed by atoms with van der Waals surface area (Å²) < 4.78 is 0. The van der Waals surface area contributed by atoms with Crippen molar-refractivity contribution in [2.24, 2.45) is 0 Å². The van der Waals surface area contributed by atoms with Gasteiger partial charge in [0.05, 0.1) is 0 Å². The highest BCUT2D eigenvalue weighted by molar-refractivity contribution is 5.94. The fourth-order valence-corrected chi connectivity index (χ4v) is 2.23. The topological polar surface area (TPSA) is 59.2 Å². The van der Waals surface area contributed by atoms with Crippen molar-refractivity contribution in [3.8, 4) is 0 Å². The molecule has 1 amide bonds. The molecule has 1 saturated carbocycles. The van der Waals surface area contributed by atoms with Crippen LogP contribution >= 0.6 is 12.4 Å². The van der Waals surface area contributed by atoms with Crippen molar-refractivity contribution in [3.05, 3.63) is 59.9 Å². The monoisotopic (exact) mass is 303 g/mol. The Morgan fingerprint density at radius 3 is 2.52 bits per heavy atom. The molecule has 1 aliphatic carbocycles. The van der Waals surface area contributed by atoms with E-state index in [1.54, 1.807) is 30.5 Å². The van der Waals surface area contributed by atoms with Crippen molar-refractivity contribution in [2.75, 3.05) is 5.73 Å². The molecule has 1 heterocycles. The average Bonchev–Trinajstić information content (AvgIpc) is 3.30. The number of amides is 1. The fourth-order valence-electron chi connectivity index (χ4n) is 2.23. The number of nitrogens with two attached hydrogens (primary N) is 1. The van der Waals surface area contributed by atoms with E-state index in [0.717, 1.165) is 18.4 Å². The molecule has 0 bridgehead atoms. The molecule has 1 aliphatic rings. The second kappa shape index (κ2) is 6.59. The predicted octanol–water partition coefficient (Wildman–Crippen LogP) is 2.89. The maximum absolute atomic E-state index is 12.6. The van der Waals surface area contributed by atoms with Crippen LogP contribution < -0.4 is 5.73 Å². The van der Waals surface area contributed by atoms with Gasteiger partial charge < -0.3 is 10.6 Å². The summed E-state index contributed by atoms with van der Waals surface area (Å²) in [5.74, 6) is 0.0661. The van der Waals surface area contributed by atoms with Gasteiger partial charge in [0.25, 0.3) is 5.91 Å². The highest BCUT2D eigenvalue weighted by atomic mass is 35.5. The van der Waals surface area contributed by atoms with E-state index >= 15 is 0 Å². The Bertz CT molecular complexity index is 597. The molecule has 0 unspecified atom stereocenters. The molecule has 1 aromatic heterocycles. The summed E-state index contributed by atoms with van der Waals surface area (Å²) in [5, 5.41) is 0. The molecule has 4 nitrogen and oxygen atoms in total. The van der Waals surface area contributed by atoms with Crippen LogP contribution in [0.4, 0.5) is 5.69 Å². The molecule has 1 aromatic carbocycles. The first-order valence-electron chi connectivity index (χ1n) is 6.79. The summed E-state index contributed by atoms with van der Waals surface area (Å²) in [4.78, 5) is 18.6. The highest BCUT2D eigenvalue weighted by Gasteiger charge is 2.33. The Morgan fingerprint density at radius 1 is 1.24 bits per heavy atom. The smallest absolute Gasteiger partial charge is 0.254 e. The minimum atomic E-state index is 0. The normalized spacial score (nSPS) is 13.3. The summed E-state index contributed by atoms with van der Waals surface area (Å²) >= 11 is 0. The van der Waals surface area contributed by atoms with E-state index < -0.39 is 0 Å². The second-order valence-corrected chi connectivity index (χ2v) is 5.15. The molecule has 5 heteroatoms. The molecule has 0 aliphatic heterocycles. The van der Waals surface area contributed by atoms with Gasteiger partial charge >= 0.3 is 0 Å². The molecule has 0 saturated heterocycles. The number of aromatic nitrogens is 1. The average molecular weight is 304 g/mol. The lowest BCUT2D eigenvalue weighted by Crippen LogP contribution is -2.32. The molecule has 2 N–H and O–H groups in total. The van der Waals surface area contributed by atoms with Crippen LogP contribution in [0.3, 0.4) is 0 Å². The van der Waals surface area contributed by atoms with E-state index in [2.05, 4.69) is 4.98 Å². The van der Waals surface area contributed by atoms with E-state index in [0.29, 0.717) is 23.8 Å². The van der Waals surface area contributed by atoms with Crippen molar-refractivity contribution in [1.29, 1.82) is 0 Å². The number of hydrogen-bond donors (Lipinski definition) is 1.